The number of rotatable bonds is 4. The first kappa shape index (κ1) is 14.9. The first-order valence-electron chi connectivity index (χ1n) is 4.01. The second-order valence-electron chi connectivity index (χ2n) is 3.38. The minimum Gasteiger partial charge on any atom is -0.483 e. The van der Waals surface area contributed by atoms with Crippen LogP contribution in [0, 0.1) is 0 Å². The molecule has 0 aliphatic carbocycles. The lowest BCUT2D eigenvalue weighted by atomic mass is 10.1. The van der Waals surface area contributed by atoms with Gasteiger partial charge in [0.25, 0.3) is 6.47 Å². The lowest BCUT2D eigenvalue weighted by molar-refractivity contribution is -0.122. The molecular weight excluding hydrogens is 174 g/mol. The second kappa shape index (κ2) is 7.97. The fourth-order valence-electron chi connectivity index (χ4n) is 0.480. The number of hydrogen-bond donors (Lipinski definition) is 4. The zero-order valence-electron chi connectivity index (χ0n) is 8.32. The Morgan fingerprint density at radius 2 is 1.92 bits per heavy atom. The summed E-state index contributed by atoms with van der Waals surface area (Å²) in [4.78, 5) is 8.36. The maximum Gasteiger partial charge on any atom is 0.290 e. The van der Waals surface area contributed by atoms with E-state index < -0.39 is 0 Å². The predicted molar refractivity (Wildman–Crippen MR) is 49.5 cm³/mol. The van der Waals surface area contributed by atoms with Gasteiger partial charge in [0.2, 0.25) is 0 Å². The molecule has 0 radical (unpaired) electrons. The van der Waals surface area contributed by atoms with Crippen LogP contribution in [-0.4, -0.2) is 46.6 Å². The average Bonchev–Trinajstić information content (AvgIpc) is 2.03. The number of nitrogens with one attached hydrogen (secondary N) is 1. The zero-order valence-corrected chi connectivity index (χ0v) is 8.32. The van der Waals surface area contributed by atoms with Crippen LogP contribution in [0.3, 0.4) is 0 Å². The maximum atomic E-state index is 8.87. The summed E-state index contributed by atoms with van der Waals surface area (Å²) in [6.45, 7) is 5.83. The van der Waals surface area contributed by atoms with E-state index in [0.717, 1.165) is 0 Å². The van der Waals surface area contributed by atoms with Crippen LogP contribution < -0.4 is 5.32 Å². The monoisotopic (exact) mass is 193 g/mol. The first-order valence-corrected chi connectivity index (χ1v) is 4.01. The van der Waals surface area contributed by atoms with Crippen molar-refractivity contribution < 1.29 is 20.1 Å². The van der Waals surface area contributed by atoms with E-state index >= 15 is 0 Å². The molecule has 0 heterocycles. The van der Waals surface area contributed by atoms with Crippen molar-refractivity contribution in [3.05, 3.63) is 0 Å². The number of hydrogen-bond acceptors (Lipinski definition) is 4. The van der Waals surface area contributed by atoms with Crippen molar-refractivity contribution in [3.8, 4) is 0 Å². The number of carbonyl (C=O) groups is 1. The van der Waals surface area contributed by atoms with E-state index in [1.54, 1.807) is 6.92 Å². The fourth-order valence-corrected chi connectivity index (χ4v) is 0.480. The summed E-state index contributed by atoms with van der Waals surface area (Å²) in [6, 6.07) is 0. The van der Waals surface area contributed by atoms with Crippen molar-refractivity contribution in [3.63, 3.8) is 0 Å². The van der Waals surface area contributed by atoms with Crippen LogP contribution in [0.5, 0.6) is 0 Å². The van der Waals surface area contributed by atoms with Gasteiger partial charge in [-0.25, -0.2) is 0 Å². The zero-order chi connectivity index (χ0) is 10.9. The molecule has 0 amide bonds. The van der Waals surface area contributed by atoms with Gasteiger partial charge in [0.1, 0.15) is 0 Å². The SMILES string of the molecule is CC(O)CNC(C)(C)CO.O=CO. The van der Waals surface area contributed by atoms with Gasteiger partial charge in [0.05, 0.1) is 12.7 Å². The Morgan fingerprint density at radius 1 is 1.54 bits per heavy atom. The molecule has 5 nitrogen and oxygen atoms in total. The number of aliphatic hydroxyl groups excluding tert-OH is 2. The Balaban J connectivity index is 0. The Hall–Kier alpha value is -0.650. The largest absolute Gasteiger partial charge is 0.483 e. The molecule has 0 aliphatic rings. The molecule has 80 valence electrons. The highest BCUT2D eigenvalue weighted by molar-refractivity contribution is 5.32. The number of carboxylic acid groups (broad SMARTS) is 1. The van der Waals surface area contributed by atoms with Crippen molar-refractivity contribution in [1.29, 1.82) is 0 Å². The van der Waals surface area contributed by atoms with Crippen LogP contribution in [0.15, 0.2) is 0 Å². The molecule has 4 N–H and O–H groups in total. The number of aliphatic hydroxyl groups is 2. The standard InChI is InChI=1S/C7H17NO2.CH2O2/c1-6(10)4-8-7(2,3)5-9;2-1-3/h6,8-10H,4-5H2,1-3H3;1H,(H,2,3). The van der Waals surface area contributed by atoms with E-state index in [1.807, 2.05) is 13.8 Å². The Bertz CT molecular complexity index is 125. The molecular formula is C8H19NO4. The highest BCUT2D eigenvalue weighted by atomic mass is 16.3. The lowest BCUT2D eigenvalue weighted by Gasteiger charge is -2.24. The van der Waals surface area contributed by atoms with Crippen LogP contribution in [0.25, 0.3) is 0 Å². The molecule has 0 bridgehead atoms. The van der Waals surface area contributed by atoms with Gasteiger partial charge in [-0.05, 0) is 20.8 Å². The van der Waals surface area contributed by atoms with Gasteiger partial charge in [-0.15, -0.1) is 0 Å². The van der Waals surface area contributed by atoms with E-state index in [-0.39, 0.29) is 24.7 Å². The molecule has 0 aliphatic heterocycles. The average molecular weight is 193 g/mol. The van der Waals surface area contributed by atoms with Crippen LogP contribution in [-0.2, 0) is 4.79 Å². The molecule has 0 aromatic carbocycles. The smallest absolute Gasteiger partial charge is 0.290 e. The van der Waals surface area contributed by atoms with Gasteiger partial charge in [-0.2, -0.15) is 0 Å². The summed E-state index contributed by atoms with van der Waals surface area (Å²) in [6.07, 6.45) is -0.356. The van der Waals surface area contributed by atoms with Gasteiger partial charge < -0.3 is 20.6 Å². The lowest BCUT2D eigenvalue weighted by Crippen LogP contribution is -2.45. The molecule has 1 atom stereocenters. The van der Waals surface area contributed by atoms with Gasteiger partial charge in [-0.3, -0.25) is 4.79 Å². The van der Waals surface area contributed by atoms with Gasteiger partial charge in [0, 0.05) is 12.1 Å². The highest BCUT2D eigenvalue weighted by Crippen LogP contribution is 1.98. The van der Waals surface area contributed by atoms with Crippen molar-refractivity contribution in [2.45, 2.75) is 32.4 Å². The van der Waals surface area contributed by atoms with E-state index in [2.05, 4.69) is 5.32 Å². The van der Waals surface area contributed by atoms with Crippen molar-refractivity contribution >= 4 is 6.47 Å². The maximum absolute atomic E-state index is 8.87. The summed E-state index contributed by atoms with van der Waals surface area (Å²) in [7, 11) is 0. The van der Waals surface area contributed by atoms with Crippen LogP contribution in [0.2, 0.25) is 0 Å². The van der Waals surface area contributed by atoms with Crippen LogP contribution in [0.4, 0.5) is 0 Å². The first-order chi connectivity index (χ1) is 5.89. The second-order valence-corrected chi connectivity index (χ2v) is 3.38. The normalized spacial score (nSPS) is 12.7. The summed E-state index contributed by atoms with van der Waals surface area (Å²) in [5.74, 6) is 0. The quantitative estimate of drug-likeness (QED) is 0.449. The van der Waals surface area contributed by atoms with Gasteiger partial charge in [0.15, 0.2) is 0 Å². The van der Waals surface area contributed by atoms with Crippen molar-refractivity contribution in [1.82, 2.24) is 5.32 Å². The van der Waals surface area contributed by atoms with Crippen LogP contribution >= 0.6 is 0 Å². The van der Waals surface area contributed by atoms with E-state index in [9.17, 15) is 0 Å². The van der Waals surface area contributed by atoms with E-state index in [1.165, 1.54) is 0 Å². The molecule has 5 heteroatoms. The van der Waals surface area contributed by atoms with Crippen molar-refractivity contribution in [2.75, 3.05) is 13.2 Å². The summed E-state index contributed by atoms with van der Waals surface area (Å²) in [5, 5.41) is 27.5. The van der Waals surface area contributed by atoms with Gasteiger partial charge >= 0.3 is 0 Å². The van der Waals surface area contributed by atoms with E-state index in [0.29, 0.717) is 6.54 Å². The van der Waals surface area contributed by atoms with Crippen LogP contribution in [0.1, 0.15) is 20.8 Å². The molecule has 0 rings (SSSR count). The molecule has 0 saturated heterocycles. The van der Waals surface area contributed by atoms with E-state index in [4.69, 9.17) is 20.1 Å². The Kier molecular flexibility index (Phi) is 9.11. The highest BCUT2D eigenvalue weighted by Gasteiger charge is 2.14. The molecule has 1 unspecified atom stereocenters. The number of β-amino-alcohol motifs (C(OH)–C–C–N with tert-alkyl or cyclic N) is 1. The summed E-state index contributed by atoms with van der Waals surface area (Å²) < 4.78 is 0. The minimum atomic E-state index is -0.356. The minimum absolute atomic E-state index is 0.0831. The topological polar surface area (TPSA) is 89.8 Å². The summed E-state index contributed by atoms with van der Waals surface area (Å²) >= 11 is 0. The molecule has 0 spiro atoms. The molecule has 0 aromatic heterocycles. The third-order valence-electron chi connectivity index (χ3n) is 1.27. The van der Waals surface area contributed by atoms with Gasteiger partial charge in [-0.1, -0.05) is 0 Å². The van der Waals surface area contributed by atoms with Crippen molar-refractivity contribution in [2.24, 2.45) is 0 Å². The molecule has 0 fully saturated rings. The molecule has 0 aromatic rings. The molecule has 0 saturated carbocycles. The Labute approximate surface area is 78.4 Å². The Morgan fingerprint density at radius 3 is 2.15 bits per heavy atom. The predicted octanol–water partition coefficient (Wildman–Crippen LogP) is -0.571. The molecule has 13 heavy (non-hydrogen) atoms. The summed E-state index contributed by atoms with van der Waals surface area (Å²) in [5.41, 5.74) is -0.281. The fraction of sp³-hybridized carbons (Fsp3) is 0.875. The third kappa shape index (κ3) is 14.2. The third-order valence-corrected chi connectivity index (χ3v) is 1.27.